The lowest BCUT2D eigenvalue weighted by molar-refractivity contribution is 0.481. The molecular formula is C13H19N7O6S2. The van der Waals surface area contributed by atoms with Gasteiger partial charge >= 0.3 is 0 Å². The molecule has 28 heavy (non-hydrogen) atoms. The van der Waals surface area contributed by atoms with E-state index in [0.717, 1.165) is 0 Å². The van der Waals surface area contributed by atoms with E-state index in [9.17, 15) is 16.8 Å². The molecule has 0 saturated carbocycles. The summed E-state index contributed by atoms with van der Waals surface area (Å²) < 4.78 is 61.5. The van der Waals surface area contributed by atoms with Gasteiger partial charge in [-0.25, -0.2) is 0 Å². The number of anilines is 4. The minimum atomic E-state index is -4.31. The first-order valence-corrected chi connectivity index (χ1v) is 10.9. The molecule has 0 bridgehead atoms. The first-order chi connectivity index (χ1) is 13.1. The minimum Gasteiger partial charge on any atom is -0.353 e. The van der Waals surface area contributed by atoms with Crippen LogP contribution in [0.5, 0.6) is 0 Å². The average Bonchev–Trinajstić information content (AvgIpc) is 2.58. The van der Waals surface area contributed by atoms with Crippen LogP contribution >= 0.6 is 0 Å². The zero-order valence-electron chi connectivity index (χ0n) is 14.4. The lowest BCUT2D eigenvalue weighted by atomic mass is 10.3. The quantitative estimate of drug-likeness (QED) is 0.262. The number of nitrogens with two attached hydrogens (primary N) is 1. The molecule has 7 N–H and O–H groups in total. The molecule has 0 spiro atoms. The van der Waals surface area contributed by atoms with Gasteiger partial charge in [0.15, 0.2) is 0 Å². The molecular weight excluding hydrogens is 414 g/mol. The molecule has 13 nitrogen and oxygen atoms in total. The molecule has 0 aliphatic carbocycles. The van der Waals surface area contributed by atoms with Gasteiger partial charge in [0, 0.05) is 25.3 Å². The first kappa shape index (κ1) is 21.7. The van der Waals surface area contributed by atoms with Gasteiger partial charge in [-0.1, -0.05) is 0 Å². The van der Waals surface area contributed by atoms with Crippen molar-refractivity contribution in [2.45, 2.75) is 4.90 Å². The highest BCUT2D eigenvalue weighted by Crippen LogP contribution is 2.18. The summed E-state index contributed by atoms with van der Waals surface area (Å²) >= 11 is 0. The van der Waals surface area contributed by atoms with E-state index in [0.29, 0.717) is 18.8 Å². The Morgan fingerprint density at radius 3 is 1.89 bits per heavy atom. The summed E-state index contributed by atoms with van der Waals surface area (Å²) in [5.41, 5.74) is 5.85. The van der Waals surface area contributed by atoms with Crippen molar-refractivity contribution in [3.63, 3.8) is 0 Å². The van der Waals surface area contributed by atoms with Crippen molar-refractivity contribution in [1.82, 2.24) is 15.0 Å². The van der Waals surface area contributed by atoms with E-state index in [4.69, 9.17) is 14.8 Å². The van der Waals surface area contributed by atoms with Gasteiger partial charge in [-0.2, -0.15) is 31.8 Å². The van der Waals surface area contributed by atoms with Crippen LogP contribution in [0.25, 0.3) is 0 Å². The third kappa shape index (κ3) is 7.20. The molecule has 0 amide bonds. The summed E-state index contributed by atoms with van der Waals surface area (Å²) in [4.78, 5) is 12.0. The van der Waals surface area contributed by atoms with E-state index in [1.54, 1.807) is 0 Å². The maximum atomic E-state index is 11.1. The van der Waals surface area contributed by atoms with Crippen molar-refractivity contribution >= 4 is 43.8 Å². The summed E-state index contributed by atoms with van der Waals surface area (Å²) in [7, 11) is -8.45. The number of aromatic nitrogens is 3. The van der Waals surface area contributed by atoms with E-state index >= 15 is 0 Å². The highest BCUT2D eigenvalue weighted by molar-refractivity contribution is 7.86. The van der Waals surface area contributed by atoms with Crippen LogP contribution in [-0.4, -0.2) is 66.3 Å². The lowest BCUT2D eigenvalue weighted by Crippen LogP contribution is -2.19. The Bertz CT molecular complexity index is 1010. The van der Waals surface area contributed by atoms with Crippen LogP contribution in [-0.2, 0) is 20.2 Å². The van der Waals surface area contributed by atoms with Gasteiger partial charge in [0.1, 0.15) is 0 Å². The summed E-state index contributed by atoms with van der Waals surface area (Å²) in [5, 5.41) is 8.33. The van der Waals surface area contributed by atoms with Crippen molar-refractivity contribution in [3.8, 4) is 0 Å². The second kappa shape index (κ2) is 9.07. The molecule has 0 saturated heterocycles. The first-order valence-electron chi connectivity index (χ1n) is 7.80. The smallest absolute Gasteiger partial charge is 0.294 e. The third-order valence-electron chi connectivity index (χ3n) is 3.11. The Labute approximate surface area is 161 Å². The molecule has 2 rings (SSSR count). The molecule has 1 heterocycles. The fourth-order valence-electron chi connectivity index (χ4n) is 1.91. The van der Waals surface area contributed by atoms with E-state index in [-0.39, 0.29) is 29.3 Å². The highest BCUT2D eigenvalue weighted by atomic mass is 32.2. The van der Waals surface area contributed by atoms with Crippen LogP contribution < -0.4 is 21.7 Å². The molecule has 1 aromatic heterocycles. The number of hydrogen-bond acceptors (Lipinski definition) is 11. The molecule has 0 unspecified atom stereocenters. The van der Waals surface area contributed by atoms with Crippen molar-refractivity contribution in [1.29, 1.82) is 0 Å². The van der Waals surface area contributed by atoms with Crippen LogP contribution in [0.2, 0.25) is 0 Å². The SMILES string of the molecule is NCCNc1nc(NCCS(=O)(=O)O)nc(Nc2ccc(S(=O)(=O)O)cc2)n1. The molecule has 1 aromatic carbocycles. The van der Waals surface area contributed by atoms with Gasteiger partial charge < -0.3 is 21.7 Å². The van der Waals surface area contributed by atoms with Crippen molar-refractivity contribution < 1.29 is 25.9 Å². The highest BCUT2D eigenvalue weighted by Gasteiger charge is 2.11. The summed E-state index contributed by atoms with van der Waals surface area (Å²) in [6.07, 6.45) is 0. The number of benzene rings is 1. The maximum Gasteiger partial charge on any atom is 0.294 e. The monoisotopic (exact) mass is 433 g/mol. The van der Waals surface area contributed by atoms with Crippen LogP contribution in [0.4, 0.5) is 23.5 Å². The Morgan fingerprint density at radius 1 is 0.857 bits per heavy atom. The van der Waals surface area contributed by atoms with Gasteiger partial charge in [-0.05, 0) is 24.3 Å². The normalized spacial score (nSPS) is 11.8. The van der Waals surface area contributed by atoms with Gasteiger partial charge in [0.2, 0.25) is 17.8 Å². The largest absolute Gasteiger partial charge is 0.353 e. The molecule has 0 aliphatic heterocycles. The van der Waals surface area contributed by atoms with Gasteiger partial charge in [-0.3, -0.25) is 9.11 Å². The van der Waals surface area contributed by atoms with E-state index < -0.39 is 26.0 Å². The van der Waals surface area contributed by atoms with Crippen molar-refractivity contribution in [2.24, 2.45) is 5.73 Å². The van der Waals surface area contributed by atoms with E-state index in [1.807, 2.05) is 0 Å². The van der Waals surface area contributed by atoms with Crippen molar-refractivity contribution in [2.75, 3.05) is 41.3 Å². The van der Waals surface area contributed by atoms with Gasteiger partial charge in [0.25, 0.3) is 20.2 Å². The van der Waals surface area contributed by atoms with Crippen LogP contribution in [0.3, 0.4) is 0 Å². The molecule has 154 valence electrons. The topological polar surface area (TPSA) is 210 Å². The summed E-state index contributed by atoms with van der Waals surface area (Å²) in [6, 6.07) is 5.17. The molecule has 0 atom stereocenters. The fraction of sp³-hybridized carbons (Fsp3) is 0.308. The van der Waals surface area contributed by atoms with Gasteiger partial charge in [0.05, 0.1) is 10.6 Å². The summed E-state index contributed by atoms with van der Waals surface area (Å²) in [6.45, 7) is 0.551. The molecule has 0 aliphatic rings. The summed E-state index contributed by atoms with van der Waals surface area (Å²) in [5.74, 6) is -0.269. The van der Waals surface area contributed by atoms with Gasteiger partial charge in [-0.15, -0.1) is 0 Å². The zero-order chi connectivity index (χ0) is 20.8. The minimum absolute atomic E-state index is 0.0372. The fourth-order valence-corrected chi connectivity index (χ4v) is 2.75. The van der Waals surface area contributed by atoms with Crippen LogP contribution in [0.15, 0.2) is 29.2 Å². The molecule has 0 fully saturated rings. The lowest BCUT2D eigenvalue weighted by Gasteiger charge is -2.11. The second-order valence-corrected chi connectivity index (χ2v) is 8.35. The number of hydrogen-bond donors (Lipinski definition) is 6. The van der Waals surface area contributed by atoms with E-state index in [2.05, 4.69) is 30.9 Å². The maximum absolute atomic E-state index is 11.1. The van der Waals surface area contributed by atoms with Crippen LogP contribution in [0, 0.1) is 0 Å². The number of rotatable bonds is 10. The predicted octanol–water partition coefficient (Wildman–Crippen LogP) is -0.468. The molecule has 15 heteroatoms. The molecule has 2 aromatic rings. The van der Waals surface area contributed by atoms with Crippen LogP contribution in [0.1, 0.15) is 0 Å². The van der Waals surface area contributed by atoms with E-state index in [1.165, 1.54) is 24.3 Å². The zero-order valence-corrected chi connectivity index (χ0v) is 16.0. The second-order valence-electron chi connectivity index (χ2n) is 5.36. The predicted molar refractivity (Wildman–Crippen MR) is 102 cm³/mol. The Kier molecular flexibility index (Phi) is 7.03. The third-order valence-corrected chi connectivity index (χ3v) is 4.70. The number of nitrogens with zero attached hydrogens (tertiary/aromatic N) is 3. The Hall–Kier alpha value is -2.59. The molecule has 0 radical (unpaired) electrons. The standard InChI is InChI=1S/C13H19N7O6S2/c14-5-6-15-11-18-12(16-7-8-27(21,22)23)20-13(19-11)17-9-1-3-10(4-2-9)28(24,25)26/h1-4H,5-8,14H2,(H,21,22,23)(H,24,25,26)(H3,15,16,17,18,19,20). The van der Waals surface area contributed by atoms with Crippen molar-refractivity contribution in [3.05, 3.63) is 24.3 Å². The number of nitrogens with one attached hydrogen (secondary N) is 3. The Balaban J connectivity index is 2.20. The Morgan fingerprint density at radius 2 is 1.39 bits per heavy atom. The average molecular weight is 433 g/mol.